The summed E-state index contributed by atoms with van der Waals surface area (Å²) in [7, 11) is 0. The van der Waals surface area contributed by atoms with Crippen molar-refractivity contribution < 1.29 is 33.8 Å². The highest BCUT2D eigenvalue weighted by atomic mass is 16.5. The number of esters is 1. The molecule has 39 heavy (non-hydrogen) atoms. The second-order valence-corrected chi connectivity index (χ2v) is 9.34. The van der Waals surface area contributed by atoms with Gasteiger partial charge in [0.1, 0.15) is 12.6 Å². The van der Waals surface area contributed by atoms with Crippen LogP contribution in [0, 0.1) is 5.92 Å². The molecule has 0 spiro atoms. The highest BCUT2D eigenvalue weighted by Gasteiger charge is 2.28. The molecular weight excluding hydrogens is 502 g/mol. The van der Waals surface area contributed by atoms with Crippen molar-refractivity contribution >= 4 is 40.2 Å². The minimum absolute atomic E-state index is 0.0883. The Morgan fingerprint density at radius 3 is 2.69 bits per heavy atom. The quantitative estimate of drug-likeness (QED) is 0.218. The summed E-state index contributed by atoms with van der Waals surface area (Å²) in [5.41, 5.74) is 0.543. The van der Waals surface area contributed by atoms with E-state index in [9.17, 15) is 19.2 Å². The second kappa shape index (κ2) is 16.3. The van der Waals surface area contributed by atoms with E-state index in [0.29, 0.717) is 18.5 Å². The Hall–Kier alpha value is -3.76. The SMILES string of the molecule is O=C(CC1CC=CCCCCC(=O)OCC(C(=O)Nc2ccc3ccccc3c2)NC1=O)NCCOCCO. The van der Waals surface area contributed by atoms with Crippen molar-refractivity contribution in [2.75, 3.05) is 38.3 Å². The van der Waals surface area contributed by atoms with Crippen LogP contribution in [0.25, 0.3) is 10.8 Å². The lowest BCUT2D eigenvalue weighted by Gasteiger charge is -2.22. The first-order valence-corrected chi connectivity index (χ1v) is 13.3. The number of aliphatic hydroxyl groups is 1. The van der Waals surface area contributed by atoms with Crippen LogP contribution in [-0.4, -0.2) is 67.8 Å². The molecule has 2 aromatic rings. The van der Waals surface area contributed by atoms with Crippen molar-refractivity contribution in [1.29, 1.82) is 0 Å². The number of amides is 3. The molecular formula is C29H37N3O7. The lowest BCUT2D eigenvalue weighted by molar-refractivity contribution is -0.146. The Balaban J connectivity index is 1.70. The summed E-state index contributed by atoms with van der Waals surface area (Å²) in [6.45, 7) is 0.245. The number of benzene rings is 2. The number of carbonyl (C=O) groups is 4. The average molecular weight is 540 g/mol. The number of allylic oxidation sites excluding steroid dienone is 2. The van der Waals surface area contributed by atoms with Gasteiger partial charge >= 0.3 is 5.97 Å². The van der Waals surface area contributed by atoms with Crippen LogP contribution in [0.3, 0.4) is 0 Å². The number of carbonyl (C=O) groups excluding carboxylic acids is 4. The predicted molar refractivity (Wildman–Crippen MR) is 147 cm³/mol. The van der Waals surface area contributed by atoms with E-state index < -0.39 is 29.7 Å². The van der Waals surface area contributed by atoms with E-state index in [2.05, 4.69) is 16.0 Å². The number of anilines is 1. The summed E-state index contributed by atoms with van der Waals surface area (Å²) in [6.07, 6.45) is 6.42. The molecule has 3 amide bonds. The van der Waals surface area contributed by atoms with Gasteiger partial charge in [-0.3, -0.25) is 19.2 Å². The molecule has 0 aliphatic carbocycles. The van der Waals surface area contributed by atoms with Gasteiger partial charge in [-0.15, -0.1) is 0 Å². The molecule has 10 nitrogen and oxygen atoms in total. The fraction of sp³-hybridized carbons (Fsp3) is 0.448. The number of hydrogen-bond acceptors (Lipinski definition) is 7. The maximum absolute atomic E-state index is 13.3. The number of nitrogens with one attached hydrogen (secondary N) is 3. The third-order valence-corrected chi connectivity index (χ3v) is 6.26. The molecule has 0 fully saturated rings. The van der Waals surface area contributed by atoms with Gasteiger partial charge in [-0.25, -0.2) is 0 Å². The Morgan fingerprint density at radius 1 is 1.05 bits per heavy atom. The molecule has 210 valence electrons. The monoisotopic (exact) mass is 539 g/mol. The van der Waals surface area contributed by atoms with Crippen LogP contribution in [0.4, 0.5) is 5.69 Å². The van der Waals surface area contributed by atoms with Gasteiger partial charge in [-0.05, 0) is 48.6 Å². The fourth-order valence-electron chi connectivity index (χ4n) is 4.14. The zero-order valence-corrected chi connectivity index (χ0v) is 22.0. The molecule has 1 heterocycles. The van der Waals surface area contributed by atoms with Gasteiger partial charge < -0.3 is 30.5 Å². The Morgan fingerprint density at radius 2 is 1.87 bits per heavy atom. The molecule has 0 aromatic heterocycles. The van der Waals surface area contributed by atoms with Crippen LogP contribution >= 0.6 is 0 Å². The zero-order valence-electron chi connectivity index (χ0n) is 22.0. The van der Waals surface area contributed by atoms with Gasteiger partial charge in [0, 0.05) is 25.1 Å². The number of hydrogen-bond donors (Lipinski definition) is 4. The van der Waals surface area contributed by atoms with E-state index in [1.165, 1.54) is 0 Å². The van der Waals surface area contributed by atoms with Crippen LogP contribution in [0.1, 0.15) is 38.5 Å². The van der Waals surface area contributed by atoms with Gasteiger partial charge in [0.25, 0.3) is 5.91 Å². The van der Waals surface area contributed by atoms with Crippen molar-refractivity contribution in [2.24, 2.45) is 5.92 Å². The summed E-state index contributed by atoms with van der Waals surface area (Å²) < 4.78 is 10.5. The summed E-state index contributed by atoms with van der Waals surface area (Å²) in [5.74, 6) is -2.51. The van der Waals surface area contributed by atoms with Crippen LogP contribution in [0.5, 0.6) is 0 Å². The molecule has 1 aliphatic rings. The molecule has 2 atom stereocenters. The normalized spacial score (nSPS) is 19.0. The number of ether oxygens (including phenoxy) is 2. The molecule has 2 unspecified atom stereocenters. The third-order valence-electron chi connectivity index (χ3n) is 6.26. The molecule has 0 bridgehead atoms. The van der Waals surface area contributed by atoms with Crippen molar-refractivity contribution in [3.8, 4) is 0 Å². The average Bonchev–Trinajstić information content (AvgIpc) is 2.93. The van der Waals surface area contributed by atoms with Gasteiger partial charge in [0.2, 0.25) is 11.8 Å². The van der Waals surface area contributed by atoms with Gasteiger partial charge in [-0.1, -0.05) is 42.5 Å². The van der Waals surface area contributed by atoms with Crippen molar-refractivity contribution in [3.63, 3.8) is 0 Å². The third kappa shape index (κ3) is 10.5. The molecule has 2 aromatic carbocycles. The maximum Gasteiger partial charge on any atom is 0.305 e. The molecule has 1 aliphatic heterocycles. The Bertz CT molecular complexity index is 1150. The van der Waals surface area contributed by atoms with E-state index in [4.69, 9.17) is 14.6 Å². The van der Waals surface area contributed by atoms with Crippen LogP contribution < -0.4 is 16.0 Å². The lowest BCUT2D eigenvalue weighted by Crippen LogP contribution is -2.49. The molecule has 0 saturated heterocycles. The molecule has 3 rings (SSSR count). The van der Waals surface area contributed by atoms with Crippen LogP contribution in [0.2, 0.25) is 0 Å². The highest BCUT2D eigenvalue weighted by molar-refractivity contribution is 5.99. The molecule has 0 saturated carbocycles. The van der Waals surface area contributed by atoms with E-state index in [1.54, 1.807) is 6.07 Å². The zero-order chi connectivity index (χ0) is 27.9. The fourth-order valence-corrected chi connectivity index (χ4v) is 4.14. The first-order chi connectivity index (χ1) is 19.0. The summed E-state index contributed by atoms with van der Waals surface area (Å²) in [4.78, 5) is 51.2. The first kappa shape index (κ1) is 29.8. The minimum atomic E-state index is -1.14. The summed E-state index contributed by atoms with van der Waals surface area (Å²) in [5, 5.41) is 18.9. The van der Waals surface area contributed by atoms with Crippen molar-refractivity contribution in [3.05, 3.63) is 54.6 Å². The van der Waals surface area contributed by atoms with E-state index in [0.717, 1.165) is 23.6 Å². The maximum atomic E-state index is 13.3. The number of aliphatic hydroxyl groups excluding tert-OH is 1. The highest BCUT2D eigenvalue weighted by Crippen LogP contribution is 2.19. The molecule has 10 heteroatoms. The second-order valence-electron chi connectivity index (χ2n) is 9.34. The molecule has 4 N–H and O–H groups in total. The van der Waals surface area contributed by atoms with Gasteiger partial charge in [-0.2, -0.15) is 0 Å². The smallest absolute Gasteiger partial charge is 0.305 e. The number of rotatable bonds is 9. The standard InChI is InChI=1S/C29H37N3O7/c33-15-17-38-16-14-30-26(34)19-23-10-4-2-1-3-5-11-27(35)39-20-25(32-28(23)36)29(37)31-24-13-12-21-8-6-7-9-22(21)18-24/h2,4,6-9,12-13,18,23,25,33H,1,3,5,10-11,14-17,19-20H2,(H,30,34)(H,31,37)(H,32,36). The lowest BCUT2D eigenvalue weighted by atomic mass is 9.98. The van der Waals surface area contributed by atoms with E-state index in [1.807, 2.05) is 48.6 Å². The van der Waals surface area contributed by atoms with Crippen molar-refractivity contribution in [1.82, 2.24) is 10.6 Å². The number of cyclic esters (lactones) is 1. The number of fused-ring (bicyclic) bond motifs is 1. The molecule has 0 radical (unpaired) electrons. The Kier molecular flexibility index (Phi) is 12.4. The van der Waals surface area contributed by atoms with E-state index >= 15 is 0 Å². The van der Waals surface area contributed by atoms with E-state index in [-0.39, 0.29) is 51.7 Å². The first-order valence-electron chi connectivity index (χ1n) is 13.3. The van der Waals surface area contributed by atoms with Crippen molar-refractivity contribution in [2.45, 2.75) is 44.6 Å². The summed E-state index contributed by atoms with van der Waals surface area (Å²) in [6, 6.07) is 12.0. The van der Waals surface area contributed by atoms with Gasteiger partial charge in [0.15, 0.2) is 0 Å². The van der Waals surface area contributed by atoms with Gasteiger partial charge in [0.05, 0.1) is 25.7 Å². The Labute approximate surface area is 228 Å². The largest absolute Gasteiger partial charge is 0.463 e. The summed E-state index contributed by atoms with van der Waals surface area (Å²) >= 11 is 0. The predicted octanol–water partition coefficient (Wildman–Crippen LogP) is 2.46. The van der Waals surface area contributed by atoms with Crippen LogP contribution in [0.15, 0.2) is 54.6 Å². The van der Waals surface area contributed by atoms with Crippen LogP contribution in [-0.2, 0) is 28.7 Å². The minimum Gasteiger partial charge on any atom is -0.463 e. The topological polar surface area (TPSA) is 143 Å².